The summed E-state index contributed by atoms with van der Waals surface area (Å²) >= 11 is 0. The average molecular weight is 233 g/mol. The quantitative estimate of drug-likeness (QED) is 0.792. The summed E-state index contributed by atoms with van der Waals surface area (Å²) in [6.07, 6.45) is 0. The zero-order valence-corrected chi connectivity index (χ0v) is 11.1. The number of nitrogens with zero attached hydrogens (tertiary/aromatic N) is 1. The lowest BCUT2D eigenvalue weighted by Crippen LogP contribution is -2.35. The van der Waals surface area contributed by atoms with Gasteiger partial charge in [-0.15, -0.1) is 0 Å². The highest BCUT2D eigenvalue weighted by Crippen LogP contribution is 2.24. The number of para-hydroxylation sites is 1. The molecule has 0 aliphatic carbocycles. The van der Waals surface area contributed by atoms with Gasteiger partial charge in [0.1, 0.15) is 12.4 Å². The Morgan fingerprint density at radius 3 is 2.35 bits per heavy atom. The Morgan fingerprint density at radius 2 is 1.76 bits per heavy atom. The lowest BCUT2D eigenvalue weighted by molar-refractivity contribution is 0.167. The standard InChI is InChI=1S/C15H23NO/c1-12-9-16(10-13(12)2)14(3)11-17-15-7-5-4-6-8-15/h4-8,12-14H,9-11H2,1-3H3/t12-,13+,14-/m0/s1. The molecular weight excluding hydrogens is 210 g/mol. The lowest BCUT2D eigenvalue weighted by atomic mass is 10.0. The van der Waals surface area contributed by atoms with Gasteiger partial charge in [0.15, 0.2) is 0 Å². The largest absolute Gasteiger partial charge is 0.492 e. The minimum absolute atomic E-state index is 0.502. The first kappa shape index (κ1) is 12.4. The van der Waals surface area contributed by atoms with Gasteiger partial charge in [0.05, 0.1) is 0 Å². The van der Waals surface area contributed by atoms with Crippen molar-refractivity contribution in [1.29, 1.82) is 0 Å². The average Bonchev–Trinajstić information content (AvgIpc) is 2.68. The Balaban J connectivity index is 1.80. The summed E-state index contributed by atoms with van der Waals surface area (Å²) in [7, 11) is 0. The van der Waals surface area contributed by atoms with Crippen LogP contribution in [0.1, 0.15) is 20.8 Å². The highest BCUT2D eigenvalue weighted by atomic mass is 16.5. The fourth-order valence-corrected chi connectivity index (χ4v) is 2.37. The van der Waals surface area contributed by atoms with Crippen LogP contribution in [0.5, 0.6) is 5.75 Å². The zero-order valence-electron chi connectivity index (χ0n) is 11.1. The predicted octanol–water partition coefficient (Wildman–Crippen LogP) is 3.04. The number of rotatable bonds is 4. The van der Waals surface area contributed by atoms with Gasteiger partial charge in [0.25, 0.3) is 0 Å². The molecule has 0 spiro atoms. The van der Waals surface area contributed by atoms with Crippen molar-refractivity contribution in [1.82, 2.24) is 4.90 Å². The van der Waals surface area contributed by atoms with Gasteiger partial charge in [0, 0.05) is 19.1 Å². The summed E-state index contributed by atoms with van der Waals surface area (Å²) in [5, 5.41) is 0. The topological polar surface area (TPSA) is 12.5 Å². The molecule has 0 N–H and O–H groups in total. The molecule has 2 nitrogen and oxygen atoms in total. The molecule has 0 radical (unpaired) electrons. The summed E-state index contributed by atoms with van der Waals surface area (Å²) in [5.41, 5.74) is 0. The first-order valence-corrected chi connectivity index (χ1v) is 6.58. The molecule has 2 rings (SSSR count). The third kappa shape index (κ3) is 3.22. The van der Waals surface area contributed by atoms with Gasteiger partial charge in [-0.25, -0.2) is 0 Å². The van der Waals surface area contributed by atoms with Crippen molar-refractivity contribution >= 4 is 0 Å². The smallest absolute Gasteiger partial charge is 0.119 e. The summed E-state index contributed by atoms with van der Waals surface area (Å²) in [5.74, 6) is 2.60. The van der Waals surface area contributed by atoms with Crippen LogP contribution in [-0.4, -0.2) is 30.6 Å². The van der Waals surface area contributed by atoms with E-state index < -0.39 is 0 Å². The molecule has 0 bridgehead atoms. The van der Waals surface area contributed by atoms with E-state index in [9.17, 15) is 0 Å². The molecule has 0 amide bonds. The third-order valence-electron chi connectivity index (χ3n) is 3.87. The van der Waals surface area contributed by atoms with E-state index in [4.69, 9.17) is 4.74 Å². The van der Waals surface area contributed by atoms with E-state index in [0.29, 0.717) is 6.04 Å². The van der Waals surface area contributed by atoms with Crippen molar-refractivity contribution in [2.24, 2.45) is 11.8 Å². The number of hydrogen-bond acceptors (Lipinski definition) is 2. The number of likely N-dealkylation sites (tertiary alicyclic amines) is 1. The van der Waals surface area contributed by atoms with Crippen LogP contribution < -0.4 is 4.74 Å². The summed E-state index contributed by atoms with van der Waals surface area (Å²) in [4.78, 5) is 2.54. The van der Waals surface area contributed by atoms with Crippen LogP contribution in [0.2, 0.25) is 0 Å². The minimum atomic E-state index is 0.502. The molecule has 1 aliphatic heterocycles. The molecule has 17 heavy (non-hydrogen) atoms. The maximum Gasteiger partial charge on any atom is 0.119 e. The highest BCUT2D eigenvalue weighted by molar-refractivity contribution is 5.20. The Morgan fingerprint density at radius 1 is 1.18 bits per heavy atom. The van der Waals surface area contributed by atoms with Crippen LogP contribution in [0.3, 0.4) is 0 Å². The van der Waals surface area contributed by atoms with Gasteiger partial charge in [-0.3, -0.25) is 4.90 Å². The van der Waals surface area contributed by atoms with Crippen LogP contribution >= 0.6 is 0 Å². The van der Waals surface area contributed by atoms with Crippen molar-refractivity contribution in [2.45, 2.75) is 26.8 Å². The zero-order chi connectivity index (χ0) is 12.3. The second-order valence-corrected chi connectivity index (χ2v) is 5.38. The first-order valence-electron chi connectivity index (χ1n) is 6.58. The van der Waals surface area contributed by atoms with Crippen molar-refractivity contribution in [3.05, 3.63) is 30.3 Å². The van der Waals surface area contributed by atoms with Gasteiger partial charge in [0.2, 0.25) is 0 Å². The van der Waals surface area contributed by atoms with Crippen molar-refractivity contribution in [2.75, 3.05) is 19.7 Å². The molecule has 0 aromatic heterocycles. The van der Waals surface area contributed by atoms with Crippen molar-refractivity contribution in [3.8, 4) is 5.75 Å². The summed E-state index contributed by atoms with van der Waals surface area (Å²) in [6, 6.07) is 10.6. The van der Waals surface area contributed by atoms with Gasteiger partial charge >= 0.3 is 0 Å². The molecule has 1 aromatic rings. The van der Waals surface area contributed by atoms with E-state index in [0.717, 1.165) is 24.2 Å². The monoisotopic (exact) mass is 233 g/mol. The maximum absolute atomic E-state index is 5.81. The lowest BCUT2D eigenvalue weighted by Gasteiger charge is -2.24. The van der Waals surface area contributed by atoms with Crippen LogP contribution in [0.25, 0.3) is 0 Å². The van der Waals surface area contributed by atoms with Crippen LogP contribution in [0.4, 0.5) is 0 Å². The molecule has 1 aliphatic rings. The molecule has 94 valence electrons. The maximum atomic E-state index is 5.81. The first-order chi connectivity index (χ1) is 8.16. The number of ether oxygens (including phenoxy) is 1. The SMILES string of the molecule is C[C@@H]1CN([C@@H](C)COc2ccccc2)C[C@@H]1C. The van der Waals surface area contributed by atoms with Crippen LogP contribution in [0, 0.1) is 11.8 Å². The summed E-state index contributed by atoms with van der Waals surface area (Å²) < 4.78 is 5.81. The second-order valence-electron chi connectivity index (χ2n) is 5.38. The molecule has 1 heterocycles. The molecule has 0 saturated carbocycles. The van der Waals surface area contributed by atoms with E-state index in [1.165, 1.54) is 13.1 Å². The van der Waals surface area contributed by atoms with Gasteiger partial charge in [-0.05, 0) is 30.9 Å². The Labute approximate surface area is 105 Å². The van der Waals surface area contributed by atoms with Crippen LogP contribution in [-0.2, 0) is 0 Å². The molecule has 2 heteroatoms. The fraction of sp³-hybridized carbons (Fsp3) is 0.600. The van der Waals surface area contributed by atoms with E-state index >= 15 is 0 Å². The minimum Gasteiger partial charge on any atom is -0.492 e. The normalized spacial score (nSPS) is 27.0. The molecule has 3 atom stereocenters. The van der Waals surface area contributed by atoms with Gasteiger partial charge in [-0.2, -0.15) is 0 Å². The van der Waals surface area contributed by atoms with E-state index in [2.05, 4.69) is 25.7 Å². The van der Waals surface area contributed by atoms with Crippen molar-refractivity contribution in [3.63, 3.8) is 0 Å². The highest BCUT2D eigenvalue weighted by Gasteiger charge is 2.29. The molecule has 1 saturated heterocycles. The molecule has 1 aromatic carbocycles. The van der Waals surface area contributed by atoms with Crippen molar-refractivity contribution < 1.29 is 4.74 Å². The molecular formula is C15H23NO. The van der Waals surface area contributed by atoms with E-state index in [-0.39, 0.29) is 0 Å². The van der Waals surface area contributed by atoms with Gasteiger partial charge in [-0.1, -0.05) is 32.0 Å². The number of hydrogen-bond donors (Lipinski definition) is 0. The van der Waals surface area contributed by atoms with E-state index in [1.807, 2.05) is 30.3 Å². The number of benzene rings is 1. The summed E-state index contributed by atoms with van der Waals surface area (Å²) in [6.45, 7) is 10.1. The Bertz CT molecular complexity index is 328. The predicted molar refractivity (Wildman–Crippen MR) is 71.3 cm³/mol. The molecule has 1 fully saturated rings. The van der Waals surface area contributed by atoms with E-state index in [1.54, 1.807) is 0 Å². The fourth-order valence-electron chi connectivity index (χ4n) is 2.37. The van der Waals surface area contributed by atoms with Crippen LogP contribution in [0.15, 0.2) is 30.3 Å². The molecule has 0 unspecified atom stereocenters. The Kier molecular flexibility index (Phi) is 4.06. The third-order valence-corrected chi connectivity index (χ3v) is 3.87. The Hall–Kier alpha value is -1.02. The van der Waals surface area contributed by atoms with Gasteiger partial charge < -0.3 is 4.74 Å². The second kappa shape index (κ2) is 5.54.